The molecule has 3 rings (SSSR count). The largest absolute Gasteiger partial charge is 0.309 e. The second-order valence-electron chi connectivity index (χ2n) is 5.37. The molecular formula is C16H21N3S. The van der Waals surface area contributed by atoms with Gasteiger partial charge < -0.3 is 5.32 Å². The third kappa shape index (κ3) is 3.45. The average Bonchev–Trinajstić information content (AvgIpc) is 2.74. The summed E-state index contributed by atoms with van der Waals surface area (Å²) in [6.07, 6.45) is 3.18. The fourth-order valence-corrected chi connectivity index (χ4v) is 3.54. The van der Waals surface area contributed by atoms with E-state index in [4.69, 9.17) is 0 Å². The summed E-state index contributed by atoms with van der Waals surface area (Å²) in [4.78, 5) is 8.32. The molecule has 0 saturated carbocycles. The van der Waals surface area contributed by atoms with E-state index < -0.39 is 0 Å². The van der Waals surface area contributed by atoms with Crippen LogP contribution in [0.15, 0.2) is 36.5 Å². The summed E-state index contributed by atoms with van der Waals surface area (Å²) in [7, 11) is 0. The van der Waals surface area contributed by atoms with Crippen LogP contribution in [0.2, 0.25) is 0 Å². The molecule has 3 nitrogen and oxygen atoms in total. The van der Waals surface area contributed by atoms with Gasteiger partial charge in [0.25, 0.3) is 0 Å². The minimum atomic E-state index is 0.430. The smallest absolute Gasteiger partial charge is 0.107 e. The van der Waals surface area contributed by atoms with Crippen LogP contribution in [-0.2, 0) is 6.54 Å². The van der Waals surface area contributed by atoms with Crippen molar-refractivity contribution >= 4 is 11.3 Å². The fourth-order valence-electron chi connectivity index (χ4n) is 2.71. The maximum Gasteiger partial charge on any atom is 0.107 e. The molecule has 1 aliphatic heterocycles. The van der Waals surface area contributed by atoms with E-state index in [1.165, 1.54) is 21.9 Å². The van der Waals surface area contributed by atoms with Crippen molar-refractivity contribution in [2.75, 3.05) is 19.6 Å². The zero-order chi connectivity index (χ0) is 13.8. The molecule has 0 radical (unpaired) electrons. The third-order valence-electron chi connectivity index (χ3n) is 3.71. The highest BCUT2D eigenvalue weighted by Gasteiger charge is 2.19. The van der Waals surface area contributed by atoms with Crippen LogP contribution in [0.1, 0.15) is 27.9 Å². The van der Waals surface area contributed by atoms with Gasteiger partial charge >= 0.3 is 0 Å². The highest BCUT2D eigenvalue weighted by Crippen LogP contribution is 2.20. The molecule has 1 aliphatic rings. The number of hydrogen-bond donors (Lipinski definition) is 1. The van der Waals surface area contributed by atoms with Crippen LogP contribution in [0.4, 0.5) is 0 Å². The summed E-state index contributed by atoms with van der Waals surface area (Å²) in [5.41, 5.74) is 1.38. The lowest BCUT2D eigenvalue weighted by molar-refractivity contribution is 0.260. The maximum absolute atomic E-state index is 4.49. The summed E-state index contributed by atoms with van der Waals surface area (Å²) >= 11 is 1.81. The predicted molar refractivity (Wildman–Crippen MR) is 83.9 cm³/mol. The van der Waals surface area contributed by atoms with Gasteiger partial charge in [0.15, 0.2) is 0 Å². The molecular weight excluding hydrogens is 266 g/mol. The first-order valence-corrected chi connectivity index (χ1v) is 8.05. The van der Waals surface area contributed by atoms with E-state index in [1.54, 1.807) is 0 Å². The topological polar surface area (TPSA) is 28.2 Å². The van der Waals surface area contributed by atoms with Crippen LogP contribution < -0.4 is 5.32 Å². The van der Waals surface area contributed by atoms with Gasteiger partial charge in [0, 0.05) is 23.7 Å². The van der Waals surface area contributed by atoms with Gasteiger partial charge in [0.05, 0.1) is 6.54 Å². The number of hydrogen-bond acceptors (Lipinski definition) is 4. The lowest BCUT2D eigenvalue weighted by atomic mass is 10.1. The number of thiazole rings is 1. The molecule has 1 fully saturated rings. The molecule has 1 unspecified atom stereocenters. The molecule has 0 spiro atoms. The van der Waals surface area contributed by atoms with Gasteiger partial charge in [0.2, 0.25) is 0 Å². The SMILES string of the molecule is Cc1cnc(CN2CCCNC(c3ccccc3)C2)s1. The zero-order valence-corrected chi connectivity index (χ0v) is 12.7. The molecule has 1 N–H and O–H groups in total. The van der Waals surface area contributed by atoms with E-state index in [0.29, 0.717) is 6.04 Å². The van der Waals surface area contributed by atoms with Crippen LogP contribution >= 0.6 is 11.3 Å². The normalized spacial score (nSPS) is 20.8. The van der Waals surface area contributed by atoms with Gasteiger partial charge in [-0.2, -0.15) is 0 Å². The van der Waals surface area contributed by atoms with Crippen molar-refractivity contribution in [1.82, 2.24) is 15.2 Å². The minimum absolute atomic E-state index is 0.430. The first-order chi connectivity index (χ1) is 9.81. The number of aryl methyl sites for hydroxylation is 1. The summed E-state index contributed by atoms with van der Waals surface area (Å²) < 4.78 is 0. The Bertz CT molecular complexity index is 538. The lowest BCUT2D eigenvalue weighted by Crippen LogP contribution is -2.31. The number of aromatic nitrogens is 1. The van der Waals surface area contributed by atoms with E-state index in [1.807, 2.05) is 17.5 Å². The Labute approximate surface area is 124 Å². The summed E-state index contributed by atoms with van der Waals surface area (Å²) in [5.74, 6) is 0. The molecule has 0 amide bonds. The molecule has 4 heteroatoms. The van der Waals surface area contributed by atoms with E-state index >= 15 is 0 Å². The quantitative estimate of drug-likeness (QED) is 0.940. The van der Waals surface area contributed by atoms with Crippen LogP contribution in [0.3, 0.4) is 0 Å². The van der Waals surface area contributed by atoms with Crippen molar-refractivity contribution in [2.45, 2.75) is 25.9 Å². The Morgan fingerprint density at radius 3 is 2.95 bits per heavy atom. The molecule has 1 aromatic heterocycles. The van der Waals surface area contributed by atoms with Gasteiger partial charge in [-0.3, -0.25) is 4.90 Å². The molecule has 20 heavy (non-hydrogen) atoms. The summed E-state index contributed by atoms with van der Waals surface area (Å²) in [5, 5.41) is 4.89. The van der Waals surface area contributed by atoms with E-state index in [9.17, 15) is 0 Å². The first kappa shape index (κ1) is 13.7. The molecule has 0 aliphatic carbocycles. The minimum Gasteiger partial charge on any atom is -0.309 e. The van der Waals surface area contributed by atoms with Crippen molar-refractivity contribution < 1.29 is 0 Å². The standard InChI is InChI=1S/C16H21N3S/c1-13-10-18-16(20-13)12-19-9-5-8-17-15(11-19)14-6-3-2-4-7-14/h2-4,6-7,10,15,17H,5,8-9,11-12H2,1H3. The van der Waals surface area contributed by atoms with Crippen LogP contribution in [0, 0.1) is 6.92 Å². The van der Waals surface area contributed by atoms with Gasteiger partial charge in [-0.15, -0.1) is 11.3 Å². The van der Waals surface area contributed by atoms with Crippen LogP contribution in [0.5, 0.6) is 0 Å². The predicted octanol–water partition coefficient (Wildman–Crippen LogP) is 2.99. The zero-order valence-electron chi connectivity index (χ0n) is 11.9. The Hall–Kier alpha value is -1.23. The Kier molecular flexibility index (Phi) is 4.45. The first-order valence-electron chi connectivity index (χ1n) is 7.23. The highest BCUT2D eigenvalue weighted by molar-refractivity contribution is 7.11. The number of rotatable bonds is 3. The Morgan fingerprint density at radius 1 is 1.35 bits per heavy atom. The fraction of sp³-hybridized carbons (Fsp3) is 0.438. The van der Waals surface area contributed by atoms with Gasteiger partial charge in [-0.25, -0.2) is 4.98 Å². The lowest BCUT2D eigenvalue weighted by Gasteiger charge is -2.23. The maximum atomic E-state index is 4.49. The van der Waals surface area contributed by atoms with E-state index in [-0.39, 0.29) is 0 Å². The molecule has 2 aromatic rings. The van der Waals surface area contributed by atoms with Gasteiger partial charge in [-0.1, -0.05) is 30.3 Å². The highest BCUT2D eigenvalue weighted by atomic mass is 32.1. The van der Waals surface area contributed by atoms with E-state index in [0.717, 1.165) is 26.2 Å². The molecule has 1 aromatic carbocycles. The third-order valence-corrected chi connectivity index (χ3v) is 4.61. The van der Waals surface area contributed by atoms with Crippen molar-refractivity contribution in [3.63, 3.8) is 0 Å². The van der Waals surface area contributed by atoms with Crippen molar-refractivity contribution in [3.05, 3.63) is 52.0 Å². The number of benzene rings is 1. The molecule has 0 bridgehead atoms. The Morgan fingerprint density at radius 2 is 2.20 bits per heavy atom. The van der Waals surface area contributed by atoms with Crippen molar-refractivity contribution in [2.24, 2.45) is 0 Å². The monoisotopic (exact) mass is 287 g/mol. The Balaban J connectivity index is 1.69. The molecule has 106 valence electrons. The van der Waals surface area contributed by atoms with E-state index in [2.05, 4.69) is 52.5 Å². The van der Waals surface area contributed by atoms with Crippen molar-refractivity contribution in [1.29, 1.82) is 0 Å². The van der Waals surface area contributed by atoms with Crippen LogP contribution in [0.25, 0.3) is 0 Å². The molecule has 1 saturated heterocycles. The second kappa shape index (κ2) is 6.48. The van der Waals surface area contributed by atoms with Crippen LogP contribution in [-0.4, -0.2) is 29.5 Å². The van der Waals surface area contributed by atoms with Gasteiger partial charge in [0.1, 0.15) is 5.01 Å². The number of nitrogens with zero attached hydrogens (tertiary/aromatic N) is 2. The average molecular weight is 287 g/mol. The second-order valence-corrected chi connectivity index (χ2v) is 6.69. The molecule has 1 atom stereocenters. The summed E-state index contributed by atoms with van der Waals surface area (Å²) in [6, 6.07) is 11.2. The number of nitrogens with one attached hydrogen (secondary N) is 1. The summed E-state index contributed by atoms with van der Waals surface area (Å²) in [6.45, 7) is 6.39. The van der Waals surface area contributed by atoms with Gasteiger partial charge in [-0.05, 0) is 32.0 Å². The van der Waals surface area contributed by atoms with Crippen molar-refractivity contribution in [3.8, 4) is 0 Å². The molecule has 2 heterocycles.